The van der Waals surface area contributed by atoms with Gasteiger partial charge in [-0.05, 0) is 59.7 Å². The SMILES string of the molecule is CC(C)C1(C)C2CCCC2C2CC1C2(C)C. The minimum Gasteiger partial charge on any atom is -0.0622 e. The molecule has 4 rings (SSSR count). The van der Waals surface area contributed by atoms with Crippen LogP contribution in [0, 0.1) is 40.4 Å². The zero-order valence-electron chi connectivity index (χ0n) is 11.7. The molecule has 4 aliphatic rings. The molecule has 0 aliphatic heterocycles. The van der Waals surface area contributed by atoms with E-state index in [2.05, 4.69) is 34.6 Å². The van der Waals surface area contributed by atoms with Crippen molar-refractivity contribution in [3.63, 3.8) is 0 Å². The van der Waals surface area contributed by atoms with Crippen LogP contribution in [0.5, 0.6) is 0 Å². The Morgan fingerprint density at radius 3 is 2.25 bits per heavy atom. The van der Waals surface area contributed by atoms with Gasteiger partial charge in [-0.15, -0.1) is 0 Å². The molecule has 16 heavy (non-hydrogen) atoms. The number of hydrogen-bond acceptors (Lipinski definition) is 0. The van der Waals surface area contributed by atoms with E-state index in [0.717, 1.165) is 29.6 Å². The maximum Gasteiger partial charge on any atom is -0.0238 e. The van der Waals surface area contributed by atoms with E-state index >= 15 is 0 Å². The quantitative estimate of drug-likeness (QED) is 0.598. The van der Waals surface area contributed by atoms with Crippen LogP contribution in [-0.2, 0) is 0 Å². The fourth-order valence-corrected chi connectivity index (χ4v) is 6.07. The summed E-state index contributed by atoms with van der Waals surface area (Å²) < 4.78 is 0. The molecule has 0 heterocycles. The molecule has 92 valence electrons. The van der Waals surface area contributed by atoms with E-state index < -0.39 is 0 Å². The summed E-state index contributed by atoms with van der Waals surface area (Å²) in [5.41, 5.74) is 1.28. The van der Waals surface area contributed by atoms with Crippen molar-refractivity contribution in [2.45, 2.75) is 60.3 Å². The molecule has 5 unspecified atom stereocenters. The Morgan fingerprint density at radius 2 is 1.69 bits per heavy atom. The summed E-state index contributed by atoms with van der Waals surface area (Å²) in [7, 11) is 0. The zero-order chi connectivity index (χ0) is 11.7. The third-order valence-corrected chi connectivity index (χ3v) is 7.22. The molecule has 0 aromatic carbocycles. The van der Waals surface area contributed by atoms with Crippen molar-refractivity contribution in [1.82, 2.24) is 0 Å². The Morgan fingerprint density at radius 1 is 1.00 bits per heavy atom. The van der Waals surface area contributed by atoms with Crippen LogP contribution in [0.3, 0.4) is 0 Å². The molecule has 0 heteroatoms. The van der Waals surface area contributed by atoms with E-state index in [0.29, 0.717) is 10.8 Å². The van der Waals surface area contributed by atoms with Crippen LogP contribution in [0.4, 0.5) is 0 Å². The molecule has 0 aromatic heterocycles. The third-order valence-electron chi connectivity index (χ3n) is 7.22. The zero-order valence-corrected chi connectivity index (χ0v) is 11.7. The Balaban J connectivity index is 2.03. The lowest BCUT2D eigenvalue weighted by Crippen LogP contribution is -2.65. The van der Waals surface area contributed by atoms with Crippen LogP contribution in [0.1, 0.15) is 60.3 Å². The molecule has 0 spiro atoms. The molecular weight excluding hydrogens is 192 g/mol. The van der Waals surface area contributed by atoms with Gasteiger partial charge in [-0.1, -0.05) is 41.0 Å². The van der Waals surface area contributed by atoms with Gasteiger partial charge in [-0.2, -0.15) is 0 Å². The monoisotopic (exact) mass is 220 g/mol. The highest BCUT2D eigenvalue weighted by atomic mass is 14.7. The fraction of sp³-hybridized carbons (Fsp3) is 1.00. The summed E-state index contributed by atoms with van der Waals surface area (Å²) >= 11 is 0. The summed E-state index contributed by atoms with van der Waals surface area (Å²) in [6.07, 6.45) is 6.12. The second kappa shape index (κ2) is 3.06. The van der Waals surface area contributed by atoms with Crippen LogP contribution in [0.25, 0.3) is 0 Å². The Labute approximate surface area is 101 Å². The lowest BCUT2D eigenvalue weighted by atomic mass is 9.34. The van der Waals surface area contributed by atoms with Crippen LogP contribution in [-0.4, -0.2) is 0 Å². The van der Waals surface area contributed by atoms with Gasteiger partial charge in [0.25, 0.3) is 0 Å². The van der Waals surface area contributed by atoms with E-state index in [1.165, 1.54) is 19.3 Å². The maximum atomic E-state index is 2.63. The van der Waals surface area contributed by atoms with E-state index in [-0.39, 0.29) is 0 Å². The average Bonchev–Trinajstić information content (AvgIpc) is 2.65. The summed E-state index contributed by atoms with van der Waals surface area (Å²) in [5.74, 6) is 5.07. The van der Waals surface area contributed by atoms with Gasteiger partial charge in [0.1, 0.15) is 0 Å². The maximum absolute atomic E-state index is 2.63. The van der Waals surface area contributed by atoms with Gasteiger partial charge in [0, 0.05) is 0 Å². The van der Waals surface area contributed by atoms with Crippen molar-refractivity contribution in [1.29, 1.82) is 0 Å². The predicted molar refractivity (Wildman–Crippen MR) is 69.2 cm³/mol. The van der Waals surface area contributed by atoms with Gasteiger partial charge < -0.3 is 0 Å². The van der Waals surface area contributed by atoms with Gasteiger partial charge in [0.05, 0.1) is 0 Å². The minimum atomic E-state index is 0.638. The lowest BCUT2D eigenvalue weighted by molar-refractivity contribution is -0.226. The standard InChI is InChI=1S/C16H28/c1-10(2)16(5)12-8-6-7-11(12)13-9-14(16)15(13,3)4/h10-14H,6-9H2,1-5H3. The fourth-order valence-electron chi connectivity index (χ4n) is 6.07. The molecule has 0 aromatic rings. The normalized spacial score (nSPS) is 53.6. The second-order valence-electron chi connectivity index (χ2n) is 7.94. The molecule has 4 fully saturated rings. The van der Waals surface area contributed by atoms with E-state index in [1.807, 2.05) is 0 Å². The Kier molecular flexibility index (Phi) is 2.12. The van der Waals surface area contributed by atoms with Crippen LogP contribution in [0.15, 0.2) is 0 Å². The third kappa shape index (κ3) is 1.03. The van der Waals surface area contributed by atoms with Gasteiger partial charge in [0.15, 0.2) is 0 Å². The second-order valence-corrected chi connectivity index (χ2v) is 7.94. The molecule has 0 saturated heterocycles. The van der Waals surface area contributed by atoms with Crippen LogP contribution in [0.2, 0.25) is 0 Å². The highest BCUT2D eigenvalue weighted by Crippen LogP contribution is 2.74. The first-order valence-corrected chi connectivity index (χ1v) is 7.40. The van der Waals surface area contributed by atoms with Crippen molar-refractivity contribution in [2.24, 2.45) is 40.4 Å². The Bertz CT molecular complexity index is 297. The first kappa shape index (κ1) is 11.1. The van der Waals surface area contributed by atoms with Crippen molar-refractivity contribution >= 4 is 0 Å². The molecule has 5 atom stereocenters. The van der Waals surface area contributed by atoms with Gasteiger partial charge in [-0.25, -0.2) is 0 Å². The number of rotatable bonds is 1. The van der Waals surface area contributed by atoms with Crippen molar-refractivity contribution in [3.05, 3.63) is 0 Å². The van der Waals surface area contributed by atoms with Crippen molar-refractivity contribution < 1.29 is 0 Å². The topological polar surface area (TPSA) is 0 Å². The van der Waals surface area contributed by atoms with E-state index in [1.54, 1.807) is 6.42 Å². The summed E-state index contributed by atoms with van der Waals surface area (Å²) in [5, 5.41) is 0. The molecule has 0 radical (unpaired) electrons. The molecular formula is C16H28. The van der Waals surface area contributed by atoms with E-state index in [9.17, 15) is 0 Å². The van der Waals surface area contributed by atoms with Gasteiger partial charge in [-0.3, -0.25) is 0 Å². The molecule has 0 N–H and O–H groups in total. The first-order valence-electron chi connectivity index (χ1n) is 7.40. The van der Waals surface area contributed by atoms with Crippen molar-refractivity contribution in [3.8, 4) is 0 Å². The van der Waals surface area contributed by atoms with Gasteiger partial charge in [0.2, 0.25) is 0 Å². The average molecular weight is 220 g/mol. The van der Waals surface area contributed by atoms with E-state index in [4.69, 9.17) is 0 Å². The predicted octanol–water partition coefficient (Wildman–Crippen LogP) is 4.74. The molecule has 2 bridgehead atoms. The highest BCUT2D eigenvalue weighted by Gasteiger charge is 2.67. The molecule has 4 aliphatic carbocycles. The smallest absolute Gasteiger partial charge is 0.0238 e. The largest absolute Gasteiger partial charge is 0.0622 e. The molecule has 4 saturated carbocycles. The number of hydrogen-bond donors (Lipinski definition) is 0. The van der Waals surface area contributed by atoms with Gasteiger partial charge >= 0.3 is 0 Å². The Hall–Kier alpha value is 0. The molecule has 0 nitrogen and oxygen atoms in total. The first-order chi connectivity index (χ1) is 7.40. The molecule has 0 amide bonds. The summed E-state index contributed by atoms with van der Waals surface area (Å²) in [6.45, 7) is 12.7. The minimum absolute atomic E-state index is 0.638. The summed E-state index contributed by atoms with van der Waals surface area (Å²) in [4.78, 5) is 0. The van der Waals surface area contributed by atoms with Crippen LogP contribution < -0.4 is 0 Å². The summed E-state index contributed by atoms with van der Waals surface area (Å²) in [6, 6.07) is 0. The van der Waals surface area contributed by atoms with Crippen molar-refractivity contribution in [2.75, 3.05) is 0 Å². The van der Waals surface area contributed by atoms with Crippen LogP contribution >= 0.6 is 0 Å². The highest BCUT2D eigenvalue weighted by molar-refractivity contribution is 5.16. The lowest BCUT2D eigenvalue weighted by Gasteiger charge is -2.71.